The molecule has 0 unspecified atom stereocenters. The zero-order valence-corrected chi connectivity index (χ0v) is 13.3. The van der Waals surface area contributed by atoms with Gasteiger partial charge in [0.2, 0.25) is 0 Å². The van der Waals surface area contributed by atoms with Crippen LogP contribution in [0.4, 0.5) is 0 Å². The molecule has 0 bridgehead atoms. The number of carbonyl (C=O) groups is 1. The SMILES string of the molecule is CCc1cc(OCCN2CCCCC2)ccc1C(=O)O.Cl. The maximum absolute atomic E-state index is 11.1. The van der Waals surface area contributed by atoms with Gasteiger partial charge in [0.1, 0.15) is 12.4 Å². The molecular weight excluding hydrogens is 290 g/mol. The van der Waals surface area contributed by atoms with Gasteiger partial charge in [0.15, 0.2) is 0 Å². The summed E-state index contributed by atoms with van der Waals surface area (Å²) in [7, 11) is 0. The van der Waals surface area contributed by atoms with Crippen molar-refractivity contribution >= 4 is 18.4 Å². The summed E-state index contributed by atoms with van der Waals surface area (Å²) < 4.78 is 5.75. The number of halogens is 1. The first-order chi connectivity index (χ1) is 9.70. The molecule has 1 fully saturated rings. The molecule has 1 aromatic carbocycles. The molecule has 0 aromatic heterocycles. The number of carboxylic acids is 1. The Morgan fingerprint density at radius 1 is 1.29 bits per heavy atom. The Labute approximate surface area is 132 Å². The molecule has 2 rings (SSSR count). The van der Waals surface area contributed by atoms with Gasteiger partial charge in [-0.05, 0) is 56.1 Å². The van der Waals surface area contributed by atoms with Crippen LogP contribution in [0.1, 0.15) is 42.1 Å². The Kier molecular flexibility index (Phi) is 7.54. The zero-order valence-electron chi connectivity index (χ0n) is 12.5. The lowest BCUT2D eigenvalue weighted by Crippen LogP contribution is -2.33. The van der Waals surface area contributed by atoms with E-state index in [9.17, 15) is 4.79 Å². The minimum atomic E-state index is -0.873. The summed E-state index contributed by atoms with van der Waals surface area (Å²) in [4.78, 5) is 13.5. The lowest BCUT2D eigenvalue weighted by molar-refractivity contribution is 0.0695. The van der Waals surface area contributed by atoms with E-state index in [1.54, 1.807) is 12.1 Å². The van der Waals surface area contributed by atoms with Crippen molar-refractivity contribution in [2.24, 2.45) is 0 Å². The van der Waals surface area contributed by atoms with E-state index in [1.165, 1.54) is 32.4 Å². The first kappa shape index (κ1) is 17.8. The summed E-state index contributed by atoms with van der Waals surface area (Å²) in [6, 6.07) is 5.23. The number of nitrogens with zero attached hydrogens (tertiary/aromatic N) is 1. The molecule has 1 aromatic rings. The number of likely N-dealkylation sites (tertiary alicyclic amines) is 1. The van der Waals surface area contributed by atoms with E-state index in [0.29, 0.717) is 18.6 Å². The van der Waals surface area contributed by atoms with Crippen LogP contribution in [0.2, 0.25) is 0 Å². The summed E-state index contributed by atoms with van der Waals surface area (Å²) in [5.74, 6) is -0.106. The van der Waals surface area contributed by atoms with Crippen molar-refractivity contribution in [1.29, 1.82) is 0 Å². The van der Waals surface area contributed by atoms with Gasteiger partial charge in [0.05, 0.1) is 5.56 Å². The molecule has 118 valence electrons. The van der Waals surface area contributed by atoms with Crippen LogP contribution in [-0.4, -0.2) is 42.2 Å². The second kappa shape index (κ2) is 8.90. The Morgan fingerprint density at radius 3 is 2.62 bits per heavy atom. The van der Waals surface area contributed by atoms with Crippen molar-refractivity contribution < 1.29 is 14.6 Å². The van der Waals surface area contributed by atoms with Crippen LogP contribution in [0.25, 0.3) is 0 Å². The first-order valence-electron chi connectivity index (χ1n) is 7.42. The summed E-state index contributed by atoms with van der Waals surface area (Å²) in [6.45, 7) is 5.90. The van der Waals surface area contributed by atoms with E-state index < -0.39 is 5.97 Å². The van der Waals surface area contributed by atoms with Crippen LogP contribution in [-0.2, 0) is 6.42 Å². The van der Waals surface area contributed by atoms with Gasteiger partial charge in [-0.1, -0.05) is 13.3 Å². The lowest BCUT2D eigenvalue weighted by atomic mass is 10.1. The molecule has 1 saturated heterocycles. The van der Waals surface area contributed by atoms with E-state index in [4.69, 9.17) is 9.84 Å². The van der Waals surface area contributed by atoms with E-state index in [-0.39, 0.29) is 12.4 Å². The summed E-state index contributed by atoms with van der Waals surface area (Å²) in [5.41, 5.74) is 1.20. The number of hydrogen-bond donors (Lipinski definition) is 1. The number of aryl methyl sites for hydroxylation is 1. The topological polar surface area (TPSA) is 49.8 Å². The standard InChI is InChI=1S/C16H23NO3.ClH/c1-2-13-12-14(6-7-15(13)16(18)19)20-11-10-17-8-4-3-5-9-17;/h6-7,12H,2-5,8-11H2,1H3,(H,18,19);1H. The second-order valence-corrected chi connectivity index (χ2v) is 5.23. The van der Waals surface area contributed by atoms with Crippen LogP contribution in [0.5, 0.6) is 5.75 Å². The fourth-order valence-electron chi connectivity index (χ4n) is 2.64. The molecule has 0 atom stereocenters. The highest BCUT2D eigenvalue weighted by Gasteiger charge is 2.11. The van der Waals surface area contributed by atoms with E-state index in [0.717, 1.165) is 17.9 Å². The monoisotopic (exact) mass is 313 g/mol. The van der Waals surface area contributed by atoms with E-state index in [1.807, 2.05) is 13.0 Å². The second-order valence-electron chi connectivity index (χ2n) is 5.23. The summed E-state index contributed by atoms with van der Waals surface area (Å²) in [6.07, 6.45) is 4.61. The highest BCUT2D eigenvalue weighted by molar-refractivity contribution is 5.89. The molecule has 1 aliphatic rings. The van der Waals surface area contributed by atoms with Crippen LogP contribution >= 0.6 is 12.4 Å². The van der Waals surface area contributed by atoms with Crippen molar-refractivity contribution in [1.82, 2.24) is 4.90 Å². The average Bonchev–Trinajstić information content (AvgIpc) is 2.48. The predicted octanol–water partition coefficient (Wildman–Crippen LogP) is 3.23. The molecule has 5 heteroatoms. The van der Waals surface area contributed by atoms with Crippen LogP contribution in [0.15, 0.2) is 18.2 Å². The third-order valence-electron chi connectivity index (χ3n) is 3.81. The molecule has 0 amide bonds. The summed E-state index contributed by atoms with van der Waals surface area (Å²) in [5, 5.41) is 9.09. The minimum absolute atomic E-state index is 0. The smallest absolute Gasteiger partial charge is 0.335 e. The molecule has 0 spiro atoms. The summed E-state index contributed by atoms with van der Waals surface area (Å²) >= 11 is 0. The van der Waals surface area contributed by atoms with Crippen LogP contribution in [0.3, 0.4) is 0 Å². The lowest BCUT2D eigenvalue weighted by Gasteiger charge is -2.26. The third-order valence-corrected chi connectivity index (χ3v) is 3.81. The highest BCUT2D eigenvalue weighted by atomic mass is 35.5. The number of ether oxygens (including phenoxy) is 1. The van der Waals surface area contributed by atoms with Crippen LogP contribution in [0, 0.1) is 0 Å². The normalized spacial score (nSPS) is 15.3. The number of aromatic carboxylic acids is 1. The maximum atomic E-state index is 11.1. The number of piperidine rings is 1. The van der Waals surface area contributed by atoms with E-state index >= 15 is 0 Å². The number of benzene rings is 1. The zero-order chi connectivity index (χ0) is 14.4. The van der Waals surface area contributed by atoms with Crippen molar-refractivity contribution in [3.8, 4) is 5.75 Å². The van der Waals surface area contributed by atoms with Gasteiger partial charge >= 0.3 is 5.97 Å². The maximum Gasteiger partial charge on any atom is 0.335 e. The quantitative estimate of drug-likeness (QED) is 0.876. The van der Waals surface area contributed by atoms with Crippen molar-refractivity contribution in [3.63, 3.8) is 0 Å². The van der Waals surface area contributed by atoms with Gasteiger partial charge < -0.3 is 9.84 Å². The molecule has 21 heavy (non-hydrogen) atoms. The highest BCUT2D eigenvalue weighted by Crippen LogP contribution is 2.19. The van der Waals surface area contributed by atoms with E-state index in [2.05, 4.69) is 4.90 Å². The number of hydrogen-bond acceptors (Lipinski definition) is 3. The molecule has 0 aliphatic carbocycles. The first-order valence-corrected chi connectivity index (χ1v) is 7.42. The van der Waals surface area contributed by atoms with Gasteiger partial charge in [-0.15, -0.1) is 12.4 Å². The Morgan fingerprint density at radius 2 is 2.00 bits per heavy atom. The van der Waals surface area contributed by atoms with Gasteiger partial charge in [-0.3, -0.25) is 4.90 Å². The van der Waals surface area contributed by atoms with Gasteiger partial charge in [-0.25, -0.2) is 4.79 Å². The minimum Gasteiger partial charge on any atom is -0.492 e. The number of carboxylic acid groups (broad SMARTS) is 1. The van der Waals surface area contributed by atoms with Gasteiger partial charge in [0.25, 0.3) is 0 Å². The van der Waals surface area contributed by atoms with Crippen molar-refractivity contribution in [2.45, 2.75) is 32.6 Å². The molecule has 0 saturated carbocycles. The number of rotatable bonds is 6. The largest absolute Gasteiger partial charge is 0.492 e. The predicted molar refractivity (Wildman–Crippen MR) is 85.8 cm³/mol. The molecule has 4 nitrogen and oxygen atoms in total. The van der Waals surface area contributed by atoms with Crippen molar-refractivity contribution in [2.75, 3.05) is 26.2 Å². The Hall–Kier alpha value is -1.26. The fraction of sp³-hybridized carbons (Fsp3) is 0.562. The van der Waals surface area contributed by atoms with Crippen molar-refractivity contribution in [3.05, 3.63) is 29.3 Å². The Bertz CT molecular complexity index is 459. The average molecular weight is 314 g/mol. The van der Waals surface area contributed by atoms with Gasteiger partial charge in [0, 0.05) is 6.54 Å². The van der Waals surface area contributed by atoms with Gasteiger partial charge in [-0.2, -0.15) is 0 Å². The molecular formula is C16H24ClNO3. The molecule has 1 aliphatic heterocycles. The molecule has 1 heterocycles. The molecule has 1 N–H and O–H groups in total. The molecule has 0 radical (unpaired) electrons. The van der Waals surface area contributed by atoms with Crippen LogP contribution < -0.4 is 4.74 Å². The fourth-order valence-corrected chi connectivity index (χ4v) is 2.64. The Balaban J connectivity index is 0.00000220. The third kappa shape index (κ3) is 5.21.